The summed E-state index contributed by atoms with van der Waals surface area (Å²) in [5.41, 5.74) is 3.37. The lowest BCUT2D eigenvalue weighted by atomic mass is 9.96. The first-order valence-corrected chi connectivity index (χ1v) is 9.20. The Bertz CT molecular complexity index is 885. The number of imide groups is 1. The molecule has 0 spiro atoms. The molecule has 27 heavy (non-hydrogen) atoms. The van der Waals surface area contributed by atoms with Crippen LogP contribution in [0, 0.1) is 19.8 Å². The Morgan fingerprint density at radius 3 is 2.19 bits per heavy atom. The van der Waals surface area contributed by atoms with Crippen molar-refractivity contribution in [3.05, 3.63) is 64.7 Å². The van der Waals surface area contributed by atoms with Crippen molar-refractivity contribution in [2.45, 2.75) is 40.2 Å². The van der Waals surface area contributed by atoms with Crippen LogP contribution in [0.1, 0.15) is 52.1 Å². The monoisotopic (exact) mass is 364 g/mol. The number of carbonyl (C=O) groups excluding carboxylic acids is 3. The minimum atomic E-state index is -0.859. The maximum absolute atomic E-state index is 13.1. The summed E-state index contributed by atoms with van der Waals surface area (Å²) in [7, 11) is 0. The number of aryl methyl sites for hydroxylation is 2. The third-order valence-electron chi connectivity index (χ3n) is 5.21. The Kier molecular flexibility index (Phi) is 5.13. The van der Waals surface area contributed by atoms with E-state index in [1.165, 1.54) is 0 Å². The summed E-state index contributed by atoms with van der Waals surface area (Å²) in [5.74, 6) is -1.32. The normalized spacial score (nSPS) is 15.5. The summed E-state index contributed by atoms with van der Waals surface area (Å²) in [6.45, 7) is 7.69. The van der Waals surface area contributed by atoms with Gasteiger partial charge >= 0.3 is 0 Å². The zero-order valence-electron chi connectivity index (χ0n) is 16.1. The van der Waals surface area contributed by atoms with Crippen LogP contribution in [0.2, 0.25) is 0 Å². The van der Waals surface area contributed by atoms with Crippen molar-refractivity contribution in [3.8, 4) is 0 Å². The molecule has 0 unspecified atom stereocenters. The predicted molar refractivity (Wildman–Crippen MR) is 105 cm³/mol. The second kappa shape index (κ2) is 7.35. The molecule has 0 saturated heterocycles. The molecular weight excluding hydrogens is 340 g/mol. The predicted octanol–water partition coefficient (Wildman–Crippen LogP) is 3.95. The number of hydrogen-bond acceptors (Lipinski definition) is 3. The number of rotatable bonds is 5. The highest BCUT2D eigenvalue weighted by atomic mass is 16.2. The van der Waals surface area contributed by atoms with Crippen molar-refractivity contribution in [1.29, 1.82) is 0 Å². The second-order valence-corrected chi connectivity index (χ2v) is 7.16. The van der Waals surface area contributed by atoms with Gasteiger partial charge in [0.05, 0.1) is 11.1 Å². The van der Waals surface area contributed by atoms with Gasteiger partial charge in [-0.1, -0.05) is 44.5 Å². The van der Waals surface area contributed by atoms with Crippen LogP contribution in [0.15, 0.2) is 42.5 Å². The van der Waals surface area contributed by atoms with E-state index in [2.05, 4.69) is 5.32 Å². The lowest BCUT2D eigenvalue weighted by Gasteiger charge is -2.30. The Balaban J connectivity index is 1.96. The highest BCUT2D eigenvalue weighted by Gasteiger charge is 2.44. The van der Waals surface area contributed by atoms with Gasteiger partial charge < -0.3 is 5.32 Å². The van der Waals surface area contributed by atoms with E-state index in [-0.39, 0.29) is 11.8 Å². The number of nitrogens with zero attached hydrogens (tertiary/aromatic N) is 1. The molecular formula is C22H24N2O3. The van der Waals surface area contributed by atoms with Crippen molar-refractivity contribution >= 4 is 23.4 Å². The standard InChI is InChI=1S/C22H24N2O3/c1-5-14(3)19(20(25)23-18-12-13(2)10-11-15(18)4)24-21(26)16-8-6-7-9-17(16)22(24)27/h6-12,14,19H,5H2,1-4H3,(H,23,25)/t14-,19-/m0/s1. The lowest BCUT2D eigenvalue weighted by molar-refractivity contribution is -0.121. The summed E-state index contributed by atoms with van der Waals surface area (Å²) in [4.78, 5) is 40.0. The maximum Gasteiger partial charge on any atom is 0.262 e. The van der Waals surface area contributed by atoms with Crippen LogP contribution in [0.3, 0.4) is 0 Å². The van der Waals surface area contributed by atoms with Crippen molar-refractivity contribution in [1.82, 2.24) is 4.90 Å². The quantitative estimate of drug-likeness (QED) is 0.817. The first-order valence-electron chi connectivity index (χ1n) is 9.20. The van der Waals surface area contributed by atoms with Crippen LogP contribution < -0.4 is 5.32 Å². The summed E-state index contributed by atoms with van der Waals surface area (Å²) in [6, 6.07) is 11.7. The fraction of sp³-hybridized carbons (Fsp3) is 0.318. The molecule has 2 aromatic carbocycles. The minimum Gasteiger partial charge on any atom is -0.324 e. The number of benzene rings is 2. The van der Waals surface area contributed by atoms with E-state index < -0.39 is 17.9 Å². The van der Waals surface area contributed by atoms with Gasteiger partial charge in [0.25, 0.3) is 11.8 Å². The summed E-state index contributed by atoms with van der Waals surface area (Å²) in [6.07, 6.45) is 0.665. The molecule has 0 aromatic heterocycles. The molecule has 0 bridgehead atoms. The average molecular weight is 364 g/mol. The van der Waals surface area contributed by atoms with Gasteiger partial charge in [-0.3, -0.25) is 19.3 Å². The Hall–Kier alpha value is -2.95. The lowest BCUT2D eigenvalue weighted by Crippen LogP contribution is -2.50. The van der Waals surface area contributed by atoms with Gasteiger partial charge in [-0.05, 0) is 49.1 Å². The first-order chi connectivity index (χ1) is 12.8. The SMILES string of the molecule is CC[C@H](C)[C@@H](C(=O)Nc1cc(C)ccc1C)N1C(=O)c2ccccc2C1=O. The van der Waals surface area contributed by atoms with Gasteiger partial charge in [0, 0.05) is 5.69 Å². The van der Waals surface area contributed by atoms with Gasteiger partial charge in [-0.2, -0.15) is 0 Å². The highest BCUT2D eigenvalue weighted by molar-refractivity contribution is 6.23. The van der Waals surface area contributed by atoms with Crippen LogP contribution in [-0.4, -0.2) is 28.7 Å². The molecule has 1 aliphatic heterocycles. The van der Waals surface area contributed by atoms with Crippen LogP contribution in [0.25, 0.3) is 0 Å². The Labute approximate surface area is 159 Å². The van der Waals surface area contributed by atoms with Gasteiger partial charge in [-0.15, -0.1) is 0 Å². The topological polar surface area (TPSA) is 66.5 Å². The fourth-order valence-corrected chi connectivity index (χ4v) is 3.39. The van der Waals surface area contributed by atoms with Crippen LogP contribution in [0.5, 0.6) is 0 Å². The van der Waals surface area contributed by atoms with Gasteiger partial charge in [0.1, 0.15) is 6.04 Å². The molecule has 5 nitrogen and oxygen atoms in total. The van der Waals surface area contributed by atoms with Crippen molar-refractivity contribution < 1.29 is 14.4 Å². The second-order valence-electron chi connectivity index (χ2n) is 7.16. The van der Waals surface area contributed by atoms with E-state index in [0.29, 0.717) is 23.2 Å². The minimum absolute atomic E-state index is 0.169. The Morgan fingerprint density at radius 2 is 1.63 bits per heavy atom. The number of hydrogen-bond donors (Lipinski definition) is 1. The number of carbonyl (C=O) groups is 3. The van der Waals surface area contributed by atoms with Crippen LogP contribution >= 0.6 is 0 Å². The largest absolute Gasteiger partial charge is 0.324 e. The molecule has 2 atom stereocenters. The fourth-order valence-electron chi connectivity index (χ4n) is 3.39. The first kappa shape index (κ1) is 18.8. The van der Waals surface area contributed by atoms with Gasteiger partial charge in [0.2, 0.25) is 5.91 Å². The smallest absolute Gasteiger partial charge is 0.262 e. The number of anilines is 1. The molecule has 1 aliphatic rings. The zero-order chi connectivity index (χ0) is 19.7. The molecule has 0 fully saturated rings. The van der Waals surface area contributed by atoms with E-state index in [9.17, 15) is 14.4 Å². The third-order valence-corrected chi connectivity index (χ3v) is 5.21. The van der Waals surface area contributed by atoms with E-state index in [1.54, 1.807) is 24.3 Å². The van der Waals surface area contributed by atoms with Crippen LogP contribution in [0.4, 0.5) is 5.69 Å². The van der Waals surface area contributed by atoms with E-state index in [4.69, 9.17) is 0 Å². The average Bonchev–Trinajstić information content (AvgIpc) is 2.90. The van der Waals surface area contributed by atoms with Crippen molar-refractivity contribution in [2.24, 2.45) is 5.92 Å². The molecule has 1 heterocycles. The van der Waals surface area contributed by atoms with E-state index in [1.807, 2.05) is 45.9 Å². The molecule has 2 aromatic rings. The molecule has 0 radical (unpaired) electrons. The Morgan fingerprint density at radius 1 is 1.04 bits per heavy atom. The molecule has 3 rings (SSSR count). The molecule has 140 valence electrons. The molecule has 0 aliphatic carbocycles. The summed E-state index contributed by atoms with van der Waals surface area (Å²) >= 11 is 0. The highest BCUT2D eigenvalue weighted by Crippen LogP contribution is 2.29. The maximum atomic E-state index is 13.1. The molecule has 5 heteroatoms. The van der Waals surface area contributed by atoms with Gasteiger partial charge in [0.15, 0.2) is 0 Å². The van der Waals surface area contributed by atoms with Gasteiger partial charge in [-0.25, -0.2) is 0 Å². The number of fused-ring (bicyclic) bond motifs is 1. The van der Waals surface area contributed by atoms with E-state index >= 15 is 0 Å². The zero-order valence-corrected chi connectivity index (χ0v) is 16.1. The number of amides is 3. The van der Waals surface area contributed by atoms with Crippen LogP contribution in [-0.2, 0) is 4.79 Å². The number of nitrogens with one attached hydrogen (secondary N) is 1. The summed E-state index contributed by atoms with van der Waals surface area (Å²) in [5, 5.41) is 2.93. The molecule has 1 N–H and O–H groups in total. The van der Waals surface area contributed by atoms with Crippen molar-refractivity contribution in [3.63, 3.8) is 0 Å². The van der Waals surface area contributed by atoms with Crippen molar-refractivity contribution in [2.75, 3.05) is 5.32 Å². The molecule has 0 saturated carbocycles. The molecule has 3 amide bonds. The summed E-state index contributed by atoms with van der Waals surface area (Å²) < 4.78 is 0. The van der Waals surface area contributed by atoms with E-state index in [0.717, 1.165) is 16.0 Å². The third kappa shape index (κ3) is 3.37.